The third-order valence-electron chi connectivity index (χ3n) is 7.36. The normalized spacial score (nSPS) is 14.3. The van der Waals surface area contributed by atoms with Gasteiger partial charge in [0.1, 0.15) is 17.4 Å². The number of piperidine rings is 1. The van der Waals surface area contributed by atoms with Crippen molar-refractivity contribution >= 4 is 50.4 Å². The highest BCUT2D eigenvalue weighted by atomic mass is 79.9. The van der Waals surface area contributed by atoms with E-state index in [0.717, 1.165) is 37.3 Å². The van der Waals surface area contributed by atoms with Crippen molar-refractivity contribution in [3.05, 3.63) is 52.4 Å². The number of hydrogen-bond acceptors (Lipinski definition) is 10. The lowest BCUT2D eigenvalue weighted by atomic mass is 9.96. The number of ether oxygens (including phenoxy) is 2. The average Bonchev–Trinajstić information content (AvgIpc) is 2.95. The Bertz CT molecular complexity index is 1360. The van der Waals surface area contributed by atoms with Gasteiger partial charge in [-0.05, 0) is 81.0 Å². The van der Waals surface area contributed by atoms with Gasteiger partial charge in [0.2, 0.25) is 5.95 Å². The van der Waals surface area contributed by atoms with Gasteiger partial charge in [-0.3, -0.25) is 0 Å². The van der Waals surface area contributed by atoms with Crippen LogP contribution in [-0.2, 0) is 10.3 Å². The molecule has 0 aliphatic carbocycles. The molecule has 4 rings (SSSR count). The molecule has 1 saturated heterocycles. The molecule has 0 bridgehead atoms. The van der Waals surface area contributed by atoms with Gasteiger partial charge in [-0.25, -0.2) is 9.37 Å². The molecule has 1 aliphatic rings. The first-order chi connectivity index (χ1) is 20.0. The van der Waals surface area contributed by atoms with E-state index >= 15 is 0 Å². The quantitative estimate of drug-likeness (QED) is 0.184. The van der Waals surface area contributed by atoms with Crippen molar-refractivity contribution in [2.75, 3.05) is 75.4 Å². The molecule has 0 saturated carbocycles. The molecule has 0 amide bonds. The number of rotatable bonds is 12. The maximum absolute atomic E-state index is 14.0. The Labute approximate surface area is 255 Å². The lowest BCUT2D eigenvalue weighted by Gasteiger charge is -2.37. The van der Waals surface area contributed by atoms with Gasteiger partial charge in [-0.15, -0.1) is 0 Å². The molecule has 0 unspecified atom stereocenters. The Morgan fingerprint density at radius 3 is 2.48 bits per heavy atom. The minimum atomic E-state index is -1.27. The summed E-state index contributed by atoms with van der Waals surface area (Å²) in [7, 11) is 7.60. The van der Waals surface area contributed by atoms with Crippen LogP contribution in [0.1, 0.15) is 32.3 Å². The molecule has 2 heterocycles. The standard InChI is InChI=1S/C30H41BrFN7O3/c1-30(2,40)21-15-19(32)7-8-23(21)35-28-22(31)18-34-29(37-28)36-25-16-24(33-11-14-41-5)26(17-27(25)42-6)39-12-9-20(10-13-39)38(3)4/h7-8,15-18,20,33,40H,9-14H2,1-6H3,(H2,34,35,36,37). The summed E-state index contributed by atoms with van der Waals surface area (Å²) in [4.78, 5) is 13.8. The van der Waals surface area contributed by atoms with Crippen LogP contribution < -0.4 is 25.6 Å². The van der Waals surface area contributed by atoms with E-state index in [9.17, 15) is 9.50 Å². The van der Waals surface area contributed by atoms with Crippen LogP contribution in [0, 0.1) is 5.82 Å². The van der Waals surface area contributed by atoms with Crippen molar-refractivity contribution < 1.29 is 19.0 Å². The highest BCUT2D eigenvalue weighted by Gasteiger charge is 2.25. The molecule has 0 spiro atoms. The van der Waals surface area contributed by atoms with Gasteiger partial charge in [-0.1, -0.05) is 0 Å². The smallest absolute Gasteiger partial charge is 0.229 e. The van der Waals surface area contributed by atoms with Gasteiger partial charge >= 0.3 is 0 Å². The van der Waals surface area contributed by atoms with Crippen molar-refractivity contribution in [1.82, 2.24) is 14.9 Å². The van der Waals surface area contributed by atoms with Crippen molar-refractivity contribution in [2.45, 2.75) is 38.3 Å². The van der Waals surface area contributed by atoms with Crippen LogP contribution in [0.25, 0.3) is 0 Å². The molecule has 42 heavy (non-hydrogen) atoms. The van der Waals surface area contributed by atoms with Crippen molar-refractivity contribution in [3.63, 3.8) is 0 Å². The second-order valence-electron chi connectivity index (χ2n) is 11.1. The number of nitrogens with zero attached hydrogens (tertiary/aromatic N) is 4. The average molecular weight is 647 g/mol. The molecule has 1 aromatic heterocycles. The first-order valence-corrected chi connectivity index (χ1v) is 14.7. The first-order valence-electron chi connectivity index (χ1n) is 14.0. The lowest BCUT2D eigenvalue weighted by molar-refractivity contribution is 0.0790. The van der Waals surface area contributed by atoms with E-state index in [1.807, 2.05) is 12.1 Å². The number of hydrogen-bond donors (Lipinski definition) is 4. The number of benzene rings is 2. The Balaban J connectivity index is 1.64. The zero-order chi connectivity index (χ0) is 30.4. The predicted octanol–water partition coefficient (Wildman–Crippen LogP) is 5.69. The monoisotopic (exact) mass is 645 g/mol. The van der Waals surface area contributed by atoms with E-state index in [0.29, 0.717) is 58.1 Å². The third kappa shape index (κ3) is 7.80. The van der Waals surface area contributed by atoms with E-state index in [-0.39, 0.29) is 0 Å². The molecule has 12 heteroatoms. The molecule has 2 aromatic carbocycles. The van der Waals surface area contributed by atoms with E-state index in [2.05, 4.69) is 65.7 Å². The summed E-state index contributed by atoms with van der Waals surface area (Å²) in [5, 5.41) is 20.6. The van der Waals surface area contributed by atoms with Gasteiger partial charge in [-0.2, -0.15) is 4.98 Å². The molecular weight excluding hydrogens is 605 g/mol. The fourth-order valence-corrected chi connectivity index (χ4v) is 5.33. The number of aliphatic hydroxyl groups is 1. The van der Waals surface area contributed by atoms with E-state index in [1.165, 1.54) is 12.1 Å². The van der Waals surface area contributed by atoms with Crippen molar-refractivity contribution in [1.29, 1.82) is 0 Å². The van der Waals surface area contributed by atoms with Gasteiger partial charge in [0.25, 0.3) is 0 Å². The fraction of sp³-hybridized carbons (Fsp3) is 0.467. The van der Waals surface area contributed by atoms with Gasteiger partial charge in [0, 0.05) is 56.3 Å². The SMILES string of the molecule is COCCNc1cc(Nc2ncc(Br)c(Nc3ccc(F)cc3C(C)(C)O)n2)c(OC)cc1N1CCC(N(C)C)CC1. The Morgan fingerprint density at radius 1 is 1.10 bits per heavy atom. The summed E-state index contributed by atoms with van der Waals surface area (Å²) in [6.07, 6.45) is 3.79. The van der Waals surface area contributed by atoms with Crippen LogP contribution in [0.4, 0.5) is 38.9 Å². The summed E-state index contributed by atoms with van der Waals surface area (Å²) >= 11 is 3.50. The summed E-state index contributed by atoms with van der Waals surface area (Å²) in [6.45, 7) is 6.31. The molecule has 10 nitrogen and oxygen atoms in total. The molecule has 1 fully saturated rings. The zero-order valence-corrected chi connectivity index (χ0v) is 26.7. The van der Waals surface area contributed by atoms with Crippen LogP contribution in [0.5, 0.6) is 5.75 Å². The second kappa shape index (κ2) is 13.9. The summed E-state index contributed by atoms with van der Waals surface area (Å²) < 4.78 is 25.7. The molecule has 4 N–H and O–H groups in total. The Morgan fingerprint density at radius 2 is 1.83 bits per heavy atom. The fourth-order valence-electron chi connectivity index (χ4n) is 5.04. The number of nitrogens with one attached hydrogen (secondary N) is 3. The lowest BCUT2D eigenvalue weighted by Crippen LogP contribution is -2.42. The molecule has 0 atom stereocenters. The highest BCUT2D eigenvalue weighted by Crippen LogP contribution is 2.40. The molecular formula is C30H41BrFN7O3. The van der Waals surface area contributed by atoms with E-state index < -0.39 is 11.4 Å². The Kier molecular flexibility index (Phi) is 10.5. The maximum atomic E-state index is 14.0. The van der Waals surface area contributed by atoms with Crippen LogP contribution in [0.2, 0.25) is 0 Å². The molecule has 0 radical (unpaired) electrons. The van der Waals surface area contributed by atoms with Gasteiger partial charge in [0.05, 0.1) is 40.9 Å². The molecule has 1 aliphatic heterocycles. The van der Waals surface area contributed by atoms with Crippen LogP contribution >= 0.6 is 15.9 Å². The largest absolute Gasteiger partial charge is 0.494 e. The number of anilines is 6. The molecule has 228 valence electrons. The van der Waals surface area contributed by atoms with Crippen LogP contribution in [-0.4, -0.2) is 80.6 Å². The minimum Gasteiger partial charge on any atom is -0.494 e. The summed E-state index contributed by atoms with van der Waals surface area (Å²) in [6, 6.07) is 8.84. The van der Waals surface area contributed by atoms with Crippen LogP contribution in [0.15, 0.2) is 41.0 Å². The number of aromatic nitrogens is 2. The predicted molar refractivity (Wildman–Crippen MR) is 170 cm³/mol. The Hall–Kier alpha value is -3.19. The molecule has 3 aromatic rings. The van der Waals surface area contributed by atoms with Crippen molar-refractivity contribution in [3.8, 4) is 5.75 Å². The summed E-state index contributed by atoms with van der Waals surface area (Å²) in [5.74, 6) is 0.992. The number of halogens is 2. The van der Waals surface area contributed by atoms with Crippen LogP contribution in [0.3, 0.4) is 0 Å². The first kappa shape index (κ1) is 31.7. The van der Waals surface area contributed by atoms with Gasteiger partial charge in [0.15, 0.2) is 0 Å². The van der Waals surface area contributed by atoms with Crippen molar-refractivity contribution in [2.24, 2.45) is 0 Å². The van der Waals surface area contributed by atoms with E-state index in [1.54, 1.807) is 40.3 Å². The second-order valence-corrected chi connectivity index (χ2v) is 11.9. The maximum Gasteiger partial charge on any atom is 0.229 e. The minimum absolute atomic E-state index is 0.327. The zero-order valence-electron chi connectivity index (χ0n) is 25.1. The highest BCUT2D eigenvalue weighted by molar-refractivity contribution is 9.10. The summed E-state index contributed by atoms with van der Waals surface area (Å²) in [5.41, 5.74) is 2.38. The topological polar surface area (TPSA) is 107 Å². The van der Waals surface area contributed by atoms with E-state index in [4.69, 9.17) is 9.47 Å². The van der Waals surface area contributed by atoms with Gasteiger partial charge < -0.3 is 40.3 Å². The number of methoxy groups -OCH3 is 2. The third-order valence-corrected chi connectivity index (χ3v) is 7.94.